The fourth-order valence-corrected chi connectivity index (χ4v) is 8.19. The van der Waals surface area contributed by atoms with Crippen molar-refractivity contribution in [2.75, 3.05) is 16.0 Å². The minimum Gasteiger partial charge on any atom is -0.334 e. The number of anilines is 3. The Hall–Kier alpha value is -6.71. The van der Waals surface area contributed by atoms with E-state index in [2.05, 4.69) is 41.2 Å². The van der Waals surface area contributed by atoms with E-state index >= 15 is 4.39 Å². The minimum atomic E-state index is -0.444. The van der Waals surface area contributed by atoms with Crippen LogP contribution in [0, 0.1) is 24.4 Å². The number of benzene rings is 6. The lowest BCUT2D eigenvalue weighted by molar-refractivity contribution is 0.251. The van der Waals surface area contributed by atoms with Gasteiger partial charge in [0.2, 0.25) is 0 Å². The summed E-state index contributed by atoms with van der Waals surface area (Å²) in [5.74, 6) is 0.307. The number of aryl methyl sites for hydroxylation is 1. The molecule has 0 bridgehead atoms. The van der Waals surface area contributed by atoms with Gasteiger partial charge >= 0.3 is 12.1 Å². The first kappa shape index (κ1) is 40.1. The molecular formula is C45H37F3N8O2S2. The number of urea groups is 2. The van der Waals surface area contributed by atoms with Crippen LogP contribution in [0.1, 0.15) is 33.4 Å². The zero-order valence-corrected chi connectivity index (χ0v) is 33.7. The number of H-pyrrole nitrogens is 2. The van der Waals surface area contributed by atoms with Crippen molar-refractivity contribution >= 4 is 74.7 Å². The third-order valence-electron chi connectivity index (χ3n) is 9.37. The molecule has 0 aliphatic heterocycles. The van der Waals surface area contributed by atoms with Crippen molar-refractivity contribution in [3.05, 3.63) is 172 Å². The number of fused-ring (bicyclic) bond motifs is 2. The maximum Gasteiger partial charge on any atom is 0.323 e. The van der Waals surface area contributed by atoms with Gasteiger partial charge in [-0.15, -0.1) is 0 Å². The monoisotopic (exact) mass is 842 g/mol. The maximum atomic E-state index is 15.1. The van der Waals surface area contributed by atoms with Gasteiger partial charge in [-0.25, -0.2) is 32.7 Å². The number of hydrogen-bond donors (Lipinski definition) is 6. The molecule has 0 aliphatic rings. The zero-order valence-electron chi connectivity index (χ0n) is 32.0. The van der Waals surface area contributed by atoms with E-state index in [9.17, 15) is 18.4 Å². The third kappa shape index (κ3) is 10.5. The molecule has 60 heavy (non-hydrogen) atoms. The van der Waals surface area contributed by atoms with Gasteiger partial charge in [0.1, 0.15) is 17.5 Å². The summed E-state index contributed by atoms with van der Waals surface area (Å²) in [6.07, 6.45) is 0.260. The normalized spacial score (nSPS) is 11.2. The smallest absolute Gasteiger partial charge is 0.323 e. The van der Waals surface area contributed by atoms with Gasteiger partial charge in [0.25, 0.3) is 0 Å². The van der Waals surface area contributed by atoms with E-state index in [1.54, 1.807) is 66.7 Å². The molecule has 10 nitrogen and oxygen atoms in total. The molecule has 0 aliphatic carbocycles. The van der Waals surface area contributed by atoms with E-state index in [4.69, 9.17) is 0 Å². The largest absolute Gasteiger partial charge is 0.334 e. The summed E-state index contributed by atoms with van der Waals surface area (Å²) in [5.41, 5.74) is 9.47. The second kappa shape index (κ2) is 18.1. The van der Waals surface area contributed by atoms with Crippen LogP contribution in [0.3, 0.4) is 0 Å². The molecule has 4 amide bonds. The predicted molar refractivity (Wildman–Crippen MR) is 233 cm³/mol. The van der Waals surface area contributed by atoms with Crippen molar-refractivity contribution < 1.29 is 22.8 Å². The van der Waals surface area contributed by atoms with Gasteiger partial charge in [-0.2, -0.15) is 0 Å². The number of halogens is 3. The van der Waals surface area contributed by atoms with Crippen LogP contribution in [-0.4, -0.2) is 32.0 Å². The van der Waals surface area contributed by atoms with Crippen molar-refractivity contribution in [3.63, 3.8) is 0 Å². The molecular weight excluding hydrogens is 806 g/mol. The van der Waals surface area contributed by atoms with E-state index < -0.39 is 12.1 Å². The van der Waals surface area contributed by atoms with Crippen LogP contribution >= 0.6 is 23.5 Å². The summed E-state index contributed by atoms with van der Waals surface area (Å²) >= 11 is 2.99. The molecule has 15 heteroatoms. The Balaban J connectivity index is 0.837. The highest BCUT2D eigenvalue weighted by Gasteiger charge is 2.12. The topological polar surface area (TPSA) is 140 Å². The number of rotatable bonds is 13. The molecule has 8 rings (SSSR count). The lowest BCUT2D eigenvalue weighted by Gasteiger charge is -2.12. The SMILES string of the molecule is Cc1cc(Cc2cc(CNC(=O)Nc3ccc4nc(SCc5ccc(F)cc5)[nH]c4c3)ccc2F)cc(NC(=O)Nc2ccc3nc(SCc4ccc(F)cc4)[nH]c3c2)c1. The van der Waals surface area contributed by atoms with E-state index in [1.165, 1.54) is 53.9 Å². The number of thioether (sulfide) groups is 2. The lowest BCUT2D eigenvalue weighted by atomic mass is 10.00. The Morgan fingerprint density at radius 2 is 1.10 bits per heavy atom. The molecule has 302 valence electrons. The minimum absolute atomic E-state index is 0.164. The average Bonchev–Trinajstić information content (AvgIpc) is 3.83. The summed E-state index contributed by atoms with van der Waals surface area (Å²) in [4.78, 5) is 41.6. The van der Waals surface area contributed by atoms with Crippen LogP contribution in [0.5, 0.6) is 0 Å². The number of nitrogens with one attached hydrogen (secondary N) is 6. The van der Waals surface area contributed by atoms with Crippen LogP contribution in [0.25, 0.3) is 22.1 Å². The number of aromatic nitrogens is 4. The van der Waals surface area contributed by atoms with Gasteiger partial charge in [0.15, 0.2) is 10.3 Å². The molecule has 0 fully saturated rings. The maximum absolute atomic E-state index is 15.1. The van der Waals surface area contributed by atoms with Gasteiger partial charge in [-0.3, -0.25) is 0 Å². The predicted octanol–water partition coefficient (Wildman–Crippen LogP) is 11.3. The Morgan fingerprint density at radius 3 is 1.68 bits per heavy atom. The Kier molecular flexibility index (Phi) is 12.1. The van der Waals surface area contributed by atoms with Gasteiger partial charge < -0.3 is 31.2 Å². The summed E-state index contributed by atoms with van der Waals surface area (Å²) in [6.45, 7) is 2.06. The van der Waals surface area contributed by atoms with E-state index in [0.29, 0.717) is 50.0 Å². The molecule has 0 saturated heterocycles. The summed E-state index contributed by atoms with van der Waals surface area (Å²) < 4.78 is 41.6. The molecule has 6 aromatic carbocycles. The Morgan fingerprint density at radius 1 is 0.567 bits per heavy atom. The van der Waals surface area contributed by atoms with E-state index in [0.717, 1.165) is 44.3 Å². The van der Waals surface area contributed by atoms with Crippen LogP contribution in [-0.2, 0) is 24.5 Å². The second-order valence-corrected chi connectivity index (χ2v) is 16.0. The molecule has 0 atom stereocenters. The standard InChI is InChI=1S/C45H37F3N8O2S2/c1-26-16-30(20-36(17-26)52-43(58)51-35-12-15-39-41(22-35)56-45(54-39)60-25-28-4-9-33(47)10-5-28)19-31-18-29(6-13-37(31)48)23-49-42(57)50-34-11-14-38-40(21-34)55-44(53-38)59-24-27-2-7-32(46)8-3-27/h2-18,20-22H,19,23-25H2,1H3,(H,53,55)(H,54,56)(H2,49,50,57)(H2,51,52,58). The number of aromatic amines is 2. The molecule has 0 unspecified atom stereocenters. The van der Waals surface area contributed by atoms with Crippen molar-refractivity contribution in [2.24, 2.45) is 0 Å². The van der Waals surface area contributed by atoms with Gasteiger partial charge in [0, 0.05) is 41.5 Å². The molecule has 2 aromatic heterocycles. The van der Waals surface area contributed by atoms with Crippen molar-refractivity contribution in [2.45, 2.75) is 41.7 Å². The molecule has 0 saturated carbocycles. The first-order valence-electron chi connectivity index (χ1n) is 18.8. The van der Waals surface area contributed by atoms with Crippen molar-refractivity contribution in [1.82, 2.24) is 25.3 Å². The number of nitrogens with zero attached hydrogens (tertiary/aromatic N) is 2. The fraction of sp³-hybridized carbons (Fsp3) is 0.111. The van der Waals surface area contributed by atoms with Gasteiger partial charge in [-0.05, 0) is 119 Å². The van der Waals surface area contributed by atoms with Crippen LogP contribution in [0.15, 0.2) is 132 Å². The lowest BCUT2D eigenvalue weighted by Crippen LogP contribution is -2.28. The fourth-order valence-electron chi connectivity index (χ4n) is 6.51. The molecule has 2 heterocycles. The number of imidazole rings is 2. The quantitative estimate of drug-likeness (QED) is 0.0639. The van der Waals surface area contributed by atoms with Gasteiger partial charge in [-0.1, -0.05) is 66.0 Å². The first-order chi connectivity index (χ1) is 29.1. The van der Waals surface area contributed by atoms with E-state index in [-0.39, 0.29) is 30.4 Å². The Labute approximate surface area is 351 Å². The number of carbonyl (C=O) groups is 2. The highest BCUT2D eigenvalue weighted by Crippen LogP contribution is 2.27. The number of hydrogen-bond acceptors (Lipinski definition) is 6. The number of amides is 4. The summed E-state index contributed by atoms with van der Waals surface area (Å²) in [6, 6.07) is 32.9. The van der Waals surface area contributed by atoms with E-state index in [1.807, 2.05) is 31.2 Å². The summed E-state index contributed by atoms with van der Waals surface area (Å²) in [5, 5.41) is 12.8. The Bertz CT molecular complexity index is 2830. The molecule has 6 N–H and O–H groups in total. The van der Waals surface area contributed by atoms with Crippen molar-refractivity contribution in [1.29, 1.82) is 0 Å². The average molecular weight is 843 g/mol. The molecule has 0 radical (unpaired) electrons. The van der Waals surface area contributed by atoms with Crippen LogP contribution in [0.4, 0.5) is 39.8 Å². The van der Waals surface area contributed by atoms with Crippen LogP contribution in [0.2, 0.25) is 0 Å². The highest BCUT2D eigenvalue weighted by atomic mass is 32.2. The van der Waals surface area contributed by atoms with Crippen molar-refractivity contribution in [3.8, 4) is 0 Å². The summed E-state index contributed by atoms with van der Waals surface area (Å²) in [7, 11) is 0. The number of carbonyl (C=O) groups excluding carboxylic acids is 2. The first-order valence-corrected chi connectivity index (χ1v) is 20.8. The van der Waals surface area contributed by atoms with Gasteiger partial charge in [0.05, 0.1) is 22.1 Å². The van der Waals surface area contributed by atoms with Crippen LogP contribution < -0.4 is 21.3 Å². The second-order valence-electron chi connectivity index (χ2n) is 14.1. The molecule has 0 spiro atoms. The third-order valence-corrected chi connectivity index (χ3v) is 11.3. The zero-order chi connectivity index (χ0) is 41.6. The highest BCUT2D eigenvalue weighted by molar-refractivity contribution is 7.98. The molecule has 8 aromatic rings.